The molecule has 0 amide bonds. The molecule has 0 fully saturated rings. The first-order chi connectivity index (χ1) is 15.8. The predicted molar refractivity (Wildman–Crippen MR) is 129 cm³/mol. The van der Waals surface area contributed by atoms with Crippen molar-refractivity contribution in [3.05, 3.63) is 108 Å². The van der Waals surface area contributed by atoms with Crippen molar-refractivity contribution in [1.82, 2.24) is 9.78 Å². The van der Waals surface area contributed by atoms with Gasteiger partial charge in [-0.15, -0.1) is 0 Å². The lowest BCUT2D eigenvalue weighted by molar-refractivity contribution is 0.306. The van der Waals surface area contributed by atoms with Crippen LogP contribution in [0.1, 0.15) is 11.1 Å². The molecule has 0 radical (unpaired) electrons. The topological polar surface area (TPSA) is 39.1 Å². The monoisotopic (exact) mass is 417 g/mol. The Labute approximate surface area is 187 Å². The van der Waals surface area contributed by atoms with E-state index in [1.54, 1.807) is 0 Å². The van der Waals surface area contributed by atoms with Gasteiger partial charge in [-0.3, -0.25) is 0 Å². The maximum absolute atomic E-state index is 5.95. The number of nitrogens with zero attached hydrogens (tertiary/aromatic N) is 2. The summed E-state index contributed by atoms with van der Waals surface area (Å²) >= 11 is 0. The molecule has 4 nitrogen and oxygen atoms in total. The van der Waals surface area contributed by atoms with Crippen LogP contribution in [0.3, 0.4) is 0 Å². The van der Waals surface area contributed by atoms with Crippen LogP contribution in [0.25, 0.3) is 27.7 Å². The van der Waals surface area contributed by atoms with E-state index in [0.717, 1.165) is 47.0 Å². The van der Waals surface area contributed by atoms with Crippen molar-refractivity contribution in [2.75, 3.05) is 11.9 Å². The molecule has 1 aliphatic heterocycles. The third kappa shape index (κ3) is 3.40. The van der Waals surface area contributed by atoms with E-state index in [0.29, 0.717) is 6.61 Å². The number of nitrogens with one attached hydrogen (secondary N) is 1. The number of fused-ring (bicyclic) bond motifs is 2. The molecule has 0 aliphatic carbocycles. The van der Waals surface area contributed by atoms with Crippen LogP contribution < -0.4 is 10.1 Å². The minimum atomic E-state index is 0.561. The van der Waals surface area contributed by atoms with E-state index >= 15 is 0 Å². The summed E-state index contributed by atoms with van der Waals surface area (Å²) < 4.78 is 7.97. The minimum Gasteiger partial charge on any atom is -0.489 e. The van der Waals surface area contributed by atoms with E-state index in [-0.39, 0.29) is 0 Å². The molecule has 0 saturated carbocycles. The summed E-state index contributed by atoms with van der Waals surface area (Å²) in [4.78, 5) is 0. The number of aromatic nitrogens is 2. The summed E-state index contributed by atoms with van der Waals surface area (Å²) in [6.07, 6.45) is 0.982. The van der Waals surface area contributed by atoms with Gasteiger partial charge in [-0.05, 0) is 53.1 Å². The summed E-state index contributed by atoms with van der Waals surface area (Å²) in [5.41, 5.74) is 5.68. The Kier molecular flexibility index (Phi) is 4.61. The lowest BCUT2D eigenvalue weighted by Gasteiger charge is -2.09. The first-order valence-corrected chi connectivity index (χ1v) is 11.0. The van der Waals surface area contributed by atoms with Gasteiger partial charge in [0.25, 0.3) is 0 Å². The highest BCUT2D eigenvalue weighted by atomic mass is 16.5. The maximum Gasteiger partial charge on any atom is 0.133 e. The number of anilines is 1. The van der Waals surface area contributed by atoms with Crippen LogP contribution in [0.15, 0.2) is 97.1 Å². The summed E-state index contributed by atoms with van der Waals surface area (Å²) in [6, 6.07) is 33.4. The largest absolute Gasteiger partial charge is 0.489 e. The highest BCUT2D eigenvalue weighted by Crippen LogP contribution is 2.36. The van der Waals surface area contributed by atoms with Crippen LogP contribution in [0, 0.1) is 0 Å². The zero-order valence-corrected chi connectivity index (χ0v) is 17.7. The Morgan fingerprint density at radius 3 is 2.44 bits per heavy atom. The number of benzene rings is 4. The summed E-state index contributed by atoms with van der Waals surface area (Å²) in [6.45, 7) is 1.50. The van der Waals surface area contributed by atoms with Crippen molar-refractivity contribution < 1.29 is 4.74 Å². The zero-order chi connectivity index (χ0) is 21.3. The predicted octanol–water partition coefficient (Wildman–Crippen LogP) is 6.24. The van der Waals surface area contributed by atoms with Gasteiger partial charge in [-0.25, -0.2) is 4.68 Å². The molecule has 5 aromatic rings. The number of rotatable bonds is 5. The van der Waals surface area contributed by atoms with Crippen LogP contribution in [0.4, 0.5) is 5.82 Å². The molecule has 6 rings (SSSR count). The van der Waals surface area contributed by atoms with Crippen LogP contribution in [0.5, 0.6) is 5.75 Å². The van der Waals surface area contributed by atoms with E-state index in [1.165, 1.54) is 16.3 Å². The molecule has 0 spiro atoms. The van der Waals surface area contributed by atoms with E-state index < -0.39 is 0 Å². The van der Waals surface area contributed by atoms with Gasteiger partial charge in [0.05, 0.1) is 11.4 Å². The fraction of sp³-hybridized carbons (Fsp3) is 0.107. The van der Waals surface area contributed by atoms with Crippen LogP contribution >= 0.6 is 0 Å². The average molecular weight is 418 g/mol. The van der Waals surface area contributed by atoms with Gasteiger partial charge >= 0.3 is 0 Å². The highest BCUT2D eigenvalue weighted by molar-refractivity contribution is 5.88. The molecular weight excluding hydrogens is 394 g/mol. The van der Waals surface area contributed by atoms with Gasteiger partial charge in [-0.2, -0.15) is 5.10 Å². The van der Waals surface area contributed by atoms with Gasteiger partial charge in [0.15, 0.2) is 0 Å². The lowest BCUT2D eigenvalue weighted by atomic mass is 10.0. The van der Waals surface area contributed by atoms with Crippen molar-refractivity contribution in [2.45, 2.75) is 13.0 Å². The highest BCUT2D eigenvalue weighted by Gasteiger charge is 2.24. The Hall–Kier alpha value is -4.05. The van der Waals surface area contributed by atoms with Crippen molar-refractivity contribution in [3.8, 4) is 22.7 Å². The van der Waals surface area contributed by atoms with Crippen molar-refractivity contribution in [2.24, 2.45) is 0 Å². The zero-order valence-electron chi connectivity index (χ0n) is 17.7. The Morgan fingerprint density at radius 1 is 0.812 bits per heavy atom. The van der Waals surface area contributed by atoms with Gasteiger partial charge in [0.1, 0.15) is 18.2 Å². The maximum atomic E-state index is 5.95. The Balaban J connectivity index is 1.31. The van der Waals surface area contributed by atoms with Crippen molar-refractivity contribution >= 4 is 16.6 Å². The van der Waals surface area contributed by atoms with E-state index in [4.69, 9.17) is 9.84 Å². The molecule has 4 heteroatoms. The van der Waals surface area contributed by atoms with Crippen LogP contribution in [-0.2, 0) is 13.0 Å². The fourth-order valence-electron chi connectivity index (χ4n) is 4.35. The van der Waals surface area contributed by atoms with Gasteiger partial charge in [-0.1, -0.05) is 66.7 Å². The molecule has 0 saturated heterocycles. The summed E-state index contributed by atoms with van der Waals surface area (Å²) in [7, 11) is 0. The van der Waals surface area contributed by atoms with Gasteiger partial charge in [0, 0.05) is 17.7 Å². The molecule has 156 valence electrons. The van der Waals surface area contributed by atoms with E-state index in [9.17, 15) is 0 Å². The molecule has 1 aromatic heterocycles. The van der Waals surface area contributed by atoms with Gasteiger partial charge < -0.3 is 10.1 Å². The molecule has 0 atom stereocenters. The molecule has 4 aromatic carbocycles. The summed E-state index contributed by atoms with van der Waals surface area (Å²) in [5.74, 6) is 1.94. The second kappa shape index (κ2) is 7.89. The minimum absolute atomic E-state index is 0.561. The fourth-order valence-corrected chi connectivity index (χ4v) is 4.35. The molecule has 0 unspecified atom stereocenters. The van der Waals surface area contributed by atoms with Crippen molar-refractivity contribution in [1.29, 1.82) is 0 Å². The molecule has 2 heterocycles. The van der Waals surface area contributed by atoms with Crippen molar-refractivity contribution in [3.63, 3.8) is 0 Å². The lowest BCUT2D eigenvalue weighted by Crippen LogP contribution is -2.04. The molecule has 0 bridgehead atoms. The summed E-state index contributed by atoms with van der Waals surface area (Å²) in [5, 5.41) is 11.0. The molecule has 32 heavy (non-hydrogen) atoms. The average Bonchev–Trinajstić information content (AvgIpc) is 3.47. The molecular formula is C28H23N3O. The standard InChI is InChI=1S/C28H23N3O/c1-2-6-20(7-3-1)19-32-25-14-12-24(13-15-25)31-28-26(16-17-29-28)27(30-31)23-11-10-21-8-4-5-9-22(21)18-23/h1-15,18,29H,16-17,19H2. The Morgan fingerprint density at radius 2 is 1.59 bits per heavy atom. The SMILES string of the molecule is c1ccc(COc2ccc(-n3nc(-c4ccc5ccccc5c4)c4c3NCC4)cc2)cc1. The Bertz CT molecular complexity index is 1390. The number of hydrogen-bond acceptors (Lipinski definition) is 3. The van der Waals surface area contributed by atoms with E-state index in [1.807, 2.05) is 35.0 Å². The number of hydrogen-bond donors (Lipinski definition) is 1. The quantitative estimate of drug-likeness (QED) is 0.368. The molecule has 1 N–H and O–H groups in total. The van der Waals surface area contributed by atoms with Gasteiger partial charge in [0.2, 0.25) is 0 Å². The smallest absolute Gasteiger partial charge is 0.133 e. The molecule has 1 aliphatic rings. The normalized spacial score (nSPS) is 12.5. The van der Waals surface area contributed by atoms with Crippen LogP contribution in [0.2, 0.25) is 0 Å². The first-order valence-electron chi connectivity index (χ1n) is 11.0. The second-order valence-corrected chi connectivity index (χ2v) is 8.09. The van der Waals surface area contributed by atoms with E-state index in [2.05, 4.69) is 72.0 Å². The first kappa shape index (κ1) is 18.7. The van der Waals surface area contributed by atoms with Crippen LogP contribution in [-0.4, -0.2) is 16.3 Å². The number of ether oxygens (including phenoxy) is 1. The third-order valence-corrected chi connectivity index (χ3v) is 6.00. The second-order valence-electron chi connectivity index (χ2n) is 8.09. The third-order valence-electron chi connectivity index (χ3n) is 6.00.